The highest BCUT2D eigenvalue weighted by molar-refractivity contribution is 5.73. The number of nitrogens with one attached hydrogen (secondary N) is 2. The summed E-state index contributed by atoms with van der Waals surface area (Å²) in [4.78, 5) is 11.7. The molecule has 2 N–H and O–H groups in total. The average molecular weight is 322 g/mol. The van der Waals surface area contributed by atoms with E-state index in [1.165, 1.54) is 18.4 Å². The van der Waals surface area contributed by atoms with Crippen molar-refractivity contribution in [3.05, 3.63) is 47.9 Å². The lowest BCUT2D eigenvalue weighted by molar-refractivity contribution is 0.199. The third-order valence-electron chi connectivity index (χ3n) is 4.77. The lowest BCUT2D eigenvalue weighted by Gasteiger charge is -2.32. The van der Waals surface area contributed by atoms with Crippen LogP contribution in [-0.4, -0.2) is 45.2 Å². The Morgan fingerprint density at radius 1 is 1.33 bits per heavy atom. The summed E-state index contributed by atoms with van der Waals surface area (Å²) in [5, 5.41) is 11.3. The number of H-pyrrole nitrogens is 1. The Hall–Kier alpha value is -2.47. The molecule has 124 valence electrons. The van der Waals surface area contributed by atoms with E-state index < -0.39 is 0 Å². The van der Waals surface area contributed by atoms with Gasteiger partial charge in [-0.2, -0.15) is 5.10 Å². The molecule has 0 radical (unpaired) electrons. The number of anilines is 1. The molecule has 0 aliphatic carbocycles. The van der Waals surface area contributed by atoms with Gasteiger partial charge in [-0.05, 0) is 37.6 Å². The van der Waals surface area contributed by atoms with Crippen molar-refractivity contribution in [3.63, 3.8) is 0 Å². The third-order valence-corrected chi connectivity index (χ3v) is 4.77. The van der Waals surface area contributed by atoms with Crippen LogP contribution in [0.25, 0.3) is 11.0 Å². The fourth-order valence-corrected chi connectivity index (χ4v) is 3.54. The van der Waals surface area contributed by atoms with E-state index in [0.29, 0.717) is 5.92 Å². The molecule has 0 amide bonds. The first-order valence-corrected chi connectivity index (χ1v) is 8.47. The summed E-state index contributed by atoms with van der Waals surface area (Å²) in [5.74, 6) is 1.44. The Bertz CT molecular complexity index is 827. The van der Waals surface area contributed by atoms with Gasteiger partial charge < -0.3 is 5.32 Å². The topological polar surface area (TPSA) is 69.7 Å². The van der Waals surface area contributed by atoms with Crippen LogP contribution in [0.15, 0.2) is 36.7 Å². The number of nitrogens with zero attached hydrogens (tertiary/aromatic N) is 4. The molecule has 0 aromatic carbocycles. The molecule has 24 heavy (non-hydrogen) atoms. The lowest BCUT2D eigenvalue weighted by Crippen LogP contribution is -2.34. The van der Waals surface area contributed by atoms with Crippen molar-refractivity contribution in [2.75, 3.05) is 25.5 Å². The zero-order valence-corrected chi connectivity index (χ0v) is 13.9. The van der Waals surface area contributed by atoms with Crippen LogP contribution in [0, 0.1) is 0 Å². The van der Waals surface area contributed by atoms with E-state index in [2.05, 4.69) is 43.6 Å². The van der Waals surface area contributed by atoms with Crippen molar-refractivity contribution < 1.29 is 0 Å². The maximum atomic E-state index is 4.76. The molecule has 6 heteroatoms. The monoisotopic (exact) mass is 322 g/mol. The van der Waals surface area contributed by atoms with Gasteiger partial charge in [-0.3, -0.25) is 10.00 Å². The second-order valence-electron chi connectivity index (χ2n) is 6.38. The molecule has 0 spiro atoms. The van der Waals surface area contributed by atoms with Gasteiger partial charge in [0.1, 0.15) is 5.82 Å². The summed E-state index contributed by atoms with van der Waals surface area (Å²) in [7, 11) is 1.92. The summed E-state index contributed by atoms with van der Waals surface area (Å²) in [5.41, 5.74) is 3.29. The molecule has 1 atom stereocenters. The molecular weight excluding hydrogens is 300 g/mol. The van der Waals surface area contributed by atoms with Crippen LogP contribution in [0.5, 0.6) is 0 Å². The van der Waals surface area contributed by atoms with E-state index in [0.717, 1.165) is 42.2 Å². The minimum Gasteiger partial charge on any atom is -0.373 e. The maximum absolute atomic E-state index is 4.76. The first kappa shape index (κ1) is 15.1. The van der Waals surface area contributed by atoms with Gasteiger partial charge in [0, 0.05) is 48.9 Å². The van der Waals surface area contributed by atoms with Gasteiger partial charge in [0.2, 0.25) is 0 Å². The molecule has 1 aliphatic heterocycles. The highest BCUT2D eigenvalue weighted by atomic mass is 15.1. The van der Waals surface area contributed by atoms with E-state index in [-0.39, 0.29) is 0 Å². The smallest absolute Gasteiger partial charge is 0.155 e. The Balaban J connectivity index is 1.50. The maximum Gasteiger partial charge on any atom is 0.155 e. The summed E-state index contributed by atoms with van der Waals surface area (Å²) in [6, 6.07) is 8.41. The highest BCUT2D eigenvalue weighted by Gasteiger charge is 2.23. The van der Waals surface area contributed by atoms with Gasteiger partial charge in [-0.1, -0.05) is 6.07 Å². The van der Waals surface area contributed by atoms with Crippen LogP contribution in [0.1, 0.15) is 30.0 Å². The second kappa shape index (κ2) is 6.57. The van der Waals surface area contributed by atoms with Crippen LogP contribution >= 0.6 is 0 Å². The number of aromatic amines is 1. The zero-order chi connectivity index (χ0) is 16.4. The van der Waals surface area contributed by atoms with Crippen LogP contribution in [0.4, 0.5) is 5.82 Å². The molecular formula is C18H22N6. The number of hydrogen-bond acceptors (Lipinski definition) is 5. The molecule has 6 nitrogen and oxygen atoms in total. The van der Waals surface area contributed by atoms with E-state index in [4.69, 9.17) is 4.98 Å². The molecule has 4 heterocycles. The van der Waals surface area contributed by atoms with E-state index in [9.17, 15) is 0 Å². The number of aromatic nitrogens is 4. The third kappa shape index (κ3) is 2.97. The summed E-state index contributed by atoms with van der Waals surface area (Å²) < 4.78 is 0. The zero-order valence-electron chi connectivity index (χ0n) is 13.9. The van der Waals surface area contributed by atoms with Gasteiger partial charge in [0.25, 0.3) is 0 Å². The molecule has 0 saturated carbocycles. The Labute approximate surface area is 141 Å². The van der Waals surface area contributed by atoms with E-state index in [1.54, 1.807) is 0 Å². The predicted octanol–water partition coefficient (Wildman–Crippen LogP) is 2.77. The van der Waals surface area contributed by atoms with Crippen LogP contribution in [0.2, 0.25) is 0 Å². The SMILES string of the molecule is CNc1ncccc1CN1CCC[C@@H](c2ccc3cn[nH]c3n2)C1. The highest BCUT2D eigenvalue weighted by Crippen LogP contribution is 2.28. The van der Waals surface area contributed by atoms with Crippen LogP contribution < -0.4 is 5.32 Å². The second-order valence-corrected chi connectivity index (χ2v) is 6.38. The van der Waals surface area contributed by atoms with Crippen LogP contribution in [0.3, 0.4) is 0 Å². The fourth-order valence-electron chi connectivity index (χ4n) is 3.54. The number of piperidine rings is 1. The van der Waals surface area contributed by atoms with Crippen molar-refractivity contribution in [1.29, 1.82) is 0 Å². The van der Waals surface area contributed by atoms with Crippen molar-refractivity contribution in [2.24, 2.45) is 0 Å². The normalized spacial score (nSPS) is 18.8. The molecule has 3 aromatic heterocycles. The number of pyridine rings is 2. The summed E-state index contributed by atoms with van der Waals surface area (Å²) in [6.07, 6.45) is 6.04. The Morgan fingerprint density at radius 3 is 3.21 bits per heavy atom. The Kier molecular flexibility index (Phi) is 4.13. The van der Waals surface area contributed by atoms with Gasteiger partial charge in [0.05, 0.1) is 6.20 Å². The minimum atomic E-state index is 0.473. The quantitative estimate of drug-likeness (QED) is 0.773. The molecule has 1 saturated heterocycles. The van der Waals surface area contributed by atoms with Gasteiger partial charge in [-0.15, -0.1) is 0 Å². The number of fused-ring (bicyclic) bond motifs is 1. The van der Waals surface area contributed by atoms with Crippen molar-refractivity contribution >= 4 is 16.9 Å². The standard InChI is InChI=1S/C18H22N6/c1-19-17-15(4-2-8-20-17)12-24-9-3-5-14(11-24)16-7-6-13-10-21-23-18(13)22-16/h2,4,6-8,10,14H,3,5,9,11-12H2,1H3,(H,19,20)(H,21,22,23)/t14-/m1/s1. The number of likely N-dealkylation sites (tertiary alicyclic amines) is 1. The molecule has 0 bridgehead atoms. The largest absolute Gasteiger partial charge is 0.373 e. The van der Waals surface area contributed by atoms with Crippen molar-refractivity contribution in [2.45, 2.75) is 25.3 Å². The van der Waals surface area contributed by atoms with Gasteiger partial charge >= 0.3 is 0 Å². The molecule has 1 aliphatic rings. The summed E-state index contributed by atoms with van der Waals surface area (Å²) in [6.45, 7) is 3.08. The summed E-state index contributed by atoms with van der Waals surface area (Å²) >= 11 is 0. The van der Waals surface area contributed by atoms with Crippen molar-refractivity contribution in [3.8, 4) is 0 Å². The number of rotatable bonds is 4. The van der Waals surface area contributed by atoms with E-state index in [1.807, 2.05) is 25.5 Å². The minimum absolute atomic E-state index is 0.473. The molecule has 0 unspecified atom stereocenters. The lowest BCUT2D eigenvalue weighted by atomic mass is 9.94. The first-order valence-electron chi connectivity index (χ1n) is 8.47. The van der Waals surface area contributed by atoms with E-state index >= 15 is 0 Å². The van der Waals surface area contributed by atoms with Crippen LogP contribution in [-0.2, 0) is 6.54 Å². The Morgan fingerprint density at radius 2 is 2.29 bits per heavy atom. The fraction of sp³-hybridized carbons (Fsp3) is 0.389. The number of hydrogen-bond donors (Lipinski definition) is 2. The van der Waals surface area contributed by atoms with Gasteiger partial charge in [0.15, 0.2) is 5.65 Å². The first-order chi connectivity index (χ1) is 11.8. The average Bonchev–Trinajstić information content (AvgIpc) is 3.10. The predicted molar refractivity (Wildman–Crippen MR) is 94.9 cm³/mol. The molecule has 4 rings (SSSR count). The van der Waals surface area contributed by atoms with Gasteiger partial charge in [-0.25, -0.2) is 9.97 Å². The molecule has 3 aromatic rings. The molecule has 1 fully saturated rings. The van der Waals surface area contributed by atoms with Crippen molar-refractivity contribution in [1.82, 2.24) is 25.1 Å².